The summed E-state index contributed by atoms with van der Waals surface area (Å²) in [5, 5.41) is 0. The van der Waals surface area contributed by atoms with Crippen molar-refractivity contribution in [2.75, 3.05) is 33.4 Å². The monoisotopic (exact) mass is 237 g/mol. The highest BCUT2D eigenvalue weighted by Crippen LogP contribution is 2.27. The van der Waals surface area contributed by atoms with Gasteiger partial charge in [-0.25, -0.2) is 0 Å². The number of methoxy groups -OCH3 is 1. The first-order chi connectivity index (χ1) is 8.21. The SMILES string of the molecule is CCN(CC)CCOc1ccc(C)cc1OC. The maximum atomic E-state index is 5.75. The van der Waals surface area contributed by atoms with Gasteiger partial charge in [0.15, 0.2) is 11.5 Å². The van der Waals surface area contributed by atoms with Gasteiger partial charge in [0.05, 0.1) is 7.11 Å². The molecule has 0 N–H and O–H groups in total. The van der Waals surface area contributed by atoms with E-state index >= 15 is 0 Å². The van der Waals surface area contributed by atoms with E-state index < -0.39 is 0 Å². The van der Waals surface area contributed by atoms with Crippen molar-refractivity contribution in [3.05, 3.63) is 23.8 Å². The van der Waals surface area contributed by atoms with Crippen LogP contribution in [0.3, 0.4) is 0 Å². The Morgan fingerprint density at radius 3 is 2.41 bits per heavy atom. The summed E-state index contributed by atoms with van der Waals surface area (Å²) < 4.78 is 11.0. The topological polar surface area (TPSA) is 21.7 Å². The van der Waals surface area contributed by atoms with Crippen LogP contribution in [0.4, 0.5) is 0 Å². The van der Waals surface area contributed by atoms with Gasteiger partial charge >= 0.3 is 0 Å². The number of nitrogens with zero attached hydrogens (tertiary/aromatic N) is 1. The molecule has 0 radical (unpaired) electrons. The Labute approximate surface area is 104 Å². The average Bonchev–Trinajstić information content (AvgIpc) is 2.36. The summed E-state index contributed by atoms with van der Waals surface area (Å²) in [7, 11) is 1.67. The lowest BCUT2D eigenvalue weighted by Crippen LogP contribution is -2.27. The molecule has 0 fully saturated rings. The molecule has 0 aliphatic heterocycles. The summed E-state index contributed by atoms with van der Waals surface area (Å²) in [5.41, 5.74) is 1.18. The fourth-order valence-corrected chi connectivity index (χ4v) is 1.72. The largest absolute Gasteiger partial charge is 0.493 e. The molecule has 0 spiro atoms. The molecule has 3 nitrogen and oxygen atoms in total. The van der Waals surface area contributed by atoms with Crippen molar-refractivity contribution in [3.63, 3.8) is 0 Å². The molecule has 17 heavy (non-hydrogen) atoms. The summed E-state index contributed by atoms with van der Waals surface area (Å²) in [4.78, 5) is 2.33. The summed E-state index contributed by atoms with van der Waals surface area (Å²) in [6, 6.07) is 6.00. The normalized spacial score (nSPS) is 10.6. The van der Waals surface area contributed by atoms with Crippen LogP contribution >= 0.6 is 0 Å². The second-order valence-electron chi connectivity index (χ2n) is 4.03. The zero-order chi connectivity index (χ0) is 12.7. The van der Waals surface area contributed by atoms with Crippen molar-refractivity contribution >= 4 is 0 Å². The minimum absolute atomic E-state index is 0.696. The van der Waals surface area contributed by atoms with E-state index in [9.17, 15) is 0 Å². The molecule has 1 aromatic carbocycles. The van der Waals surface area contributed by atoms with Crippen LogP contribution in [0.2, 0.25) is 0 Å². The number of rotatable bonds is 7. The van der Waals surface area contributed by atoms with Crippen LogP contribution in [0.15, 0.2) is 18.2 Å². The minimum atomic E-state index is 0.696. The van der Waals surface area contributed by atoms with Crippen molar-refractivity contribution in [2.45, 2.75) is 20.8 Å². The highest BCUT2D eigenvalue weighted by Gasteiger charge is 2.05. The number of hydrogen-bond acceptors (Lipinski definition) is 3. The fraction of sp³-hybridized carbons (Fsp3) is 0.571. The molecule has 0 atom stereocenters. The van der Waals surface area contributed by atoms with Crippen molar-refractivity contribution in [2.24, 2.45) is 0 Å². The van der Waals surface area contributed by atoms with Gasteiger partial charge in [-0.3, -0.25) is 0 Å². The molecule has 3 heteroatoms. The molecular formula is C14H23NO2. The molecule has 1 rings (SSSR count). The van der Waals surface area contributed by atoms with Gasteiger partial charge in [-0.15, -0.1) is 0 Å². The number of hydrogen-bond donors (Lipinski definition) is 0. The maximum absolute atomic E-state index is 5.75. The first-order valence-corrected chi connectivity index (χ1v) is 6.21. The lowest BCUT2D eigenvalue weighted by atomic mass is 10.2. The van der Waals surface area contributed by atoms with E-state index in [1.807, 2.05) is 25.1 Å². The van der Waals surface area contributed by atoms with Crippen molar-refractivity contribution in [1.82, 2.24) is 4.90 Å². The Balaban J connectivity index is 2.51. The smallest absolute Gasteiger partial charge is 0.161 e. The first kappa shape index (κ1) is 13.8. The molecule has 0 unspecified atom stereocenters. The van der Waals surface area contributed by atoms with Crippen LogP contribution in [-0.2, 0) is 0 Å². The third-order valence-corrected chi connectivity index (χ3v) is 2.88. The summed E-state index contributed by atoms with van der Waals surface area (Å²) in [6.07, 6.45) is 0. The zero-order valence-electron chi connectivity index (χ0n) is 11.3. The second-order valence-corrected chi connectivity index (χ2v) is 4.03. The Hall–Kier alpha value is -1.22. The fourth-order valence-electron chi connectivity index (χ4n) is 1.72. The minimum Gasteiger partial charge on any atom is -0.493 e. The molecule has 0 saturated heterocycles. The Kier molecular flexibility index (Phi) is 5.84. The van der Waals surface area contributed by atoms with E-state index in [1.165, 1.54) is 5.56 Å². The molecule has 0 saturated carbocycles. The van der Waals surface area contributed by atoms with Gasteiger partial charge in [0, 0.05) is 6.54 Å². The van der Waals surface area contributed by atoms with Gasteiger partial charge < -0.3 is 14.4 Å². The number of benzene rings is 1. The molecule has 1 aromatic rings. The number of aryl methyl sites for hydroxylation is 1. The Bertz CT molecular complexity index is 335. The van der Waals surface area contributed by atoms with E-state index in [-0.39, 0.29) is 0 Å². The molecule has 0 amide bonds. The van der Waals surface area contributed by atoms with Crippen LogP contribution in [0.5, 0.6) is 11.5 Å². The second kappa shape index (κ2) is 7.17. The summed E-state index contributed by atoms with van der Waals surface area (Å²) in [6.45, 7) is 10.1. The molecule has 0 heterocycles. The molecule has 0 aliphatic rings. The van der Waals surface area contributed by atoms with Crippen molar-refractivity contribution in [3.8, 4) is 11.5 Å². The van der Waals surface area contributed by atoms with Crippen LogP contribution in [0.25, 0.3) is 0 Å². The third kappa shape index (κ3) is 4.27. The van der Waals surface area contributed by atoms with Gasteiger partial charge in [0.1, 0.15) is 6.61 Å². The maximum Gasteiger partial charge on any atom is 0.161 e. The third-order valence-electron chi connectivity index (χ3n) is 2.88. The Morgan fingerprint density at radius 1 is 1.12 bits per heavy atom. The van der Waals surface area contributed by atoms with E-state index in [4.69, 9.17) is 9.47 Å². The predicted octanol–water partition coefficient (Wildman–Crippen LogP) is 2.72. The van der Waals surface area contributed by atoms with Crippen LogP contribution < -0.4 is 9.47 Å². The van der Waals surface area contributed by atoms with Crippen LogP contribution in [0, 0.1) is 6.92 Å². The predicted molar refractivity (Wildman–Crippen MR) is 71.0 cm³/mol. The standard InChI is InChI=1S/C14H23NO2/c1-5-15(6-2)9-10-17-13-8-7-12(3)11-14(13)16-4/h7-8,11H,5-6,9-10H2,1-4H3. The lowest BCUT2D eigenvalue weighted by molar-refractivity contribution is 0.217. The number of likely N-dealkylation sites (N-methyl/N-ethyl adjacent to an activating group) is 1. The highest BCUT2D eigenvalue weighted by molar-refractivity contribution is 5.42. The van der Waals surface area contributed by atoms with E-state index in [0.29, 0.717) is 6.61 Å². The van der Waals surface area contributed by atoms with Gasteiger partial charge in [0.2, 0.25) is 0 Å². The zero-order valence-corrected chi connectivity index (χ0v) is 11.3. The van der Waals surface area contributed by atoms with Crippen molar-refractivity contribution in [1.29, 1.82) is 0 Å². The average molecular weight is 237 g/mol. The first-order valence-electron chi connectivity index (χ1n) is 6.21. The van der Waals surface area contributed by atoms with Gasteiger partial charge in [-0.05, 0) is 37.7 Å². The quantitative estimate of drug-likeness (QED) is 0.728. The lowest BCUT2D eigenvalue weighted by Gasteiger charge is -2.18. The molecule has 0 aromatic heterocycles. The molecule has 0 bridgehead atoms. The van der Waals surface area contributed by atoms with Gasteiger partial charge in [-0.1, -0.05) is 19.9 Å². The molecule has 96 valence electrons. The van der Waals surface area contributed by atoms with E-state index in [2.05, 4.69) is 18.7 Å². The molecular weight excluding hydrogens is 214 g/mol. The van der Waals surface area contributed by atoms with Crippen molar-refractivity contribution < 1.29 is 9.47 Å². The van der Waals surface area contributed by atoms with E-state index in [1.54, 1.807) is 7.11 Å². The highest BCUT2D eigenvalue weighted by atomic mass is 16.5. The van der Waals surface area contributed by atoms with Gasteiger partial charge in [0.25, 0.3) is 0 Å². The van der Waals surface area contributed by atoms with Crippen LogP contribution in [0.1, 0.15) is 19.4 Å². The van der Waals surface area contributed by atoms with Crippen LogP contribution in [-0.4, -0.2) is 38.3 Å². The number of ether oxygens (including phenoxy) is 2. The summed E-state index contributed by atoms with van der Waals surface area (Å²) in [5.74, 6) is 1.63. The molecule has 0 aliphatic carbocycles. The summed E-state index contributed by atoms with van der Waals surface area (Å²) >= 11 is 0. The Morgan fingerprint density at radius 2 is 1.82 bits per heavy atom. The van der Waals surface area contributed by atoms with Gasteiger partial charge in [-0.2, -0.15) is 0 Å². The van der Waals surface area contributed by atoms with E-state index in [0.717, 1.165) is 31.1 Å².